The summed E-state index contributed by atoms with van der Waals surface area (Å²) in [6, 6.07) is 5.41. The largest absolute Gasteiger partial charge is 0.399 e. The molecule has 0 aliphatic rings. The number of carbonyl (C=O) groups is 1. The van der Waals surface area contributed by atoms with Gasteiger partial charge in [0.05, 0.1) is 0 Å². The Kier molecular flexibility index (Phi) is 4.47. The molecule has 1 amide bonds. The van der Waals surface area contributed by atoms with Crippen molar-refractivity contribution in [2.75, 3.05) is 11.1 Å². The van der Waals surface area contributed by atoms with Crippen LogP contribution in [-0.4, -0.2) is 15.0 Å². The predicted molar refractivity (Wildman–Crippen MR) is 83.1 cm³/mol. The molecule has 21 heavy (non-hydrogen) atoms. The Hall–Kier alpha value is -2.50. The van der Waals surface area contributed by atoms with Crippen LogP contribution in [0, 0.1) is 6.92 Å². The summed E-state index contributed by atoms with van der Waals surface area (Å²) in [5.41, 5.74) is 7.96. The zero-order chi connectivity index (χ0) is 15.4. The number of carbonyl (C=O) groups excluding carboxylic acids is 1. The highest BCUT2D eigenvalue weighted by molar-refractivity contribution is 5.91. The first-order valence-electron chi connectivity index (χ1n) is 6.85. The van der Waals surface area contributed by atoms with Gasteiger partial charge in [0, 0.05) is 43.8 Å². The lowest BCUT2D eigenvalue weighted by Crippen LogP contribution is -2.22. The average molecular weight is 288 g/mol. The van der Waals surface area contributed by atoms with Crippen molar-refractivity contribution in [1.82, 2.24) is 9.13 Å². The van der Waals surface area contributed by atoms with Gasteiger partial charge in [-0.3, -0.25) is 9.36 Å². The second-order valence-electron chi connectivity index (χ2n) is 5.11. The zero-order valence-electron chi connectivity index (χ0n) is 12.3. The predicted octanol–water partition coefficient (Wildman–Crippen LogP) is 1.50. The Morgan fingerprint density at radius 3 is 2.76 bits per heavy atom. The van der Waals surface area contributed by atoms with Crippen LogP contribution in [0.25, 0.3) is 0 Å². The summed E-state index contributed by atoms with van der Waals surface area (Å²) in [6.45, 7) is 2.45. The molecule has 0 atom stereocenters. The van der Waals surface area contributed by atoms with Gasteiger partial charge in [0.15, 0.2) is 0 Å². The number of aryl methyl sites for hydroxylation is 3. The highest BCUT2D eigenvalue weighted by Gasteiger charge is 2.06. The summed E-state index contributed by atoms with van der Waals surface area (Å²) in [5.74, 6) is -0.0762. The molecular formula is C15H20N4O2. The van der Waals surface area contributed by atoms with Crippen molar-refractivity contribution in [3.8, 4) is 0 Å². The number of benzene rings is 1. The summed E-state index contributed by atoms with van der Waals surface area (Å²) in [5, 5.41) is 2.85. The molecule has 2 aromatic rings. The SMILES string of the molecule is Cc1ccc(N)cc1NC(=O)CCCn1ccn(C)c1=O. The van der Waals surface area contributed by atoms with E-state index < -0.39 is 0 Å². The molecule has 112 valence electrons. The van der Waals surface area contributed by atoms with Crippen LogP contribution in [0.1, 0.15) is 18.4 Å². The lowest BCUT2D eigenvalue weighted by molar-refractivity contribution is -0.116. The van der Waals surface area contributed by atoms with E-state index in [9.17, 15) is 9.59 Å². The lowest BCUT2D eigenvalue weighted by atomic mass is 10.1. The molecule has 6 heteroatoms. The Bertz CT molecular complexity index is 700. The highest BCUT2D eigenvalue weighted by atomic mass is 16.2. The number of rotatable bonds is 5. The van der Waals surface area contributed by atoms with Gasteiger partial charge in [-0.15, -0.1) is 0 Å². The molecule has 6 nitrogen and oxygen atoms in total. The first-order chi connectivity index (χ1) is 9.97. The van der Waals surface area contributed by atoms with Gasteiger partial charge in [-0.1, -0.05) is 6.07 Å². The van der Waals surface area contributed by atoms with Crippen molar-refractivity contribution < 1.29 is 4.79 Å². The van der Waals surface area contributed by atoms with E-state index in [4.69, 9.17) is 5.73 Å². The quantitative estimate of drug-likeness (QED) is 0.818. The molecule has 0 fully saturated rings. The Balaban J connectivity index is 1.86. The maximum Gasteiger partial charge on any atom is 0.327 e. The molecule has 0 bridgehead atoms. The van der Waals surface area contributed by atoms with E-state index in [1.807, 2.05) is 13.0 Å². The van der Waals surface area contributed by atoms with Crippen LogP contribution in [0.15, 0.2) is 35.4 Å². The molecule has 3 N–H and O–H groups in total. The molecule has 0 unspecified atom stereocenters. The minimum Gasteiger partial charge on any atom is -0.399 e. The van der Waals surface area contributed by atoms with Crippen LogP contribution >= 0.6 is 0 Å². The van der Waals surface area contributed by atoms with Crippen molar-refractivity contribution in [3.05, 3.63) is 46.6 Å². The fourth-order valence-corrected chi connectivity index (χ4v) is 2.08. The fourth-order valence-electron chi connectivity index (χ4n) is 2.08. The van der Waals surface area contributed by atoms with E-state index in [1.54, 1.807) is 36.1 Å². The minimum absolute atomic E-state index is 0.0675. The number of hydrogen-bond acceptors (Lipinski definition) is 3. The van der Waals surface area contributed by atoms with Crippen molar-refractivity contribution in [2.24, 2.45) is 7.05 Å². The smallest absolute Gasteiger partial charge is 0.327 e. The molecule has 2 rings (SSSR count). The van der Waals surface area contributed by atoms with Crippen molar-refractivity contribution in [3.63, 3.8) is 0 Å². The van der Waals surface area contributed by atoms with E-state index in [-0.39, 0.29) is 11.6 Å². The van der Waals surface area contributed by atoms with Crippen LogP contribution in [0.2, 0.25) is 0 Å². The highest BCUT2D eigenvalue weighted by Crippen LogP contribution is 2.18. The van der Waals surface area contributed by atoms with E-state index in [0.717, 1.165) is 11.3 Å². The van der Waals surface area contributed by atoms with Gasteiger partial charge in [-0.25, -0.2) is 4.79 Å². The lowest BCUT2D eigenvalue weighted by Gasteiger charge is -2.09. The first-order valence-corrected chi connectivity index (χ1v) is 6.85. The van der Waals surface area contributed by atoms with Crippen LogP contribution in [0.5, 0.6) is 0 Å². The first kappa shape index (κ1) is 14.9. The monoisotopic (exact) mass is 288 g/mol. The summed E-state index contributed by atoms with van der Waals surface area (Å²) in [6.07, 6.45) is 4.40. The summed E-state index contributed by atoms with van der Waals surface area (Å²) in [7, 11) is 1.70. The van der Waals surface area contributed by atoms with Crippen LogP contribution in [-0.2, 0) is 18.4 Å². The van der Waals surface area contributed by atoms with Gasteiger partial charge in [-0.05, 0) is 31.0 Å². The number of nitrogen functional groups attached to an aromatic ring is 1. The number of imidazole rings is 1. The summed E-state index contributed by atoms with van der Waals surface area (Å²) >= 11 is 0. The Morgan fingerprint density at radius 2 is 2.10 bits per heavy atom. The number of anilines is 2. The molecule has 0 saturated heterocycles. The Labute approximate surface area is 123 Å². The number of nitrogens with one attached hydrogen (secondary N) is 1. The Morgan fingerprint density at radius 1 is 1.33 bits per heavy atom. The molecule has 1 aromatic heterocycles. The third-order valence-corrected chi connectivity index (χ3v) is 3.36. The van der Waals surface area contributed by atoms with E-state index in [1.165, 1.54) is 4.57 Å². The van der Waals surface area contributed by atoms with Crippen molar-refractivity contribution >= 4 is 17.3 Å². The maximum atomic E-state index is 11.9. The topological polar surface area (TPSA) is 82.0 Å². The molecule has 0 aliphatic carbocycles. The molecular weight excluding hydrogens is 268 g/mol. The number of nitrogens with zero attached hydrogens (tertiary/aromatic N) is 2. The van der Waals surface area contributed by atoms with Gasteiger partial charge in [0.25, 0.3) is 0 Å². The third-order valence-electron chi connectivity index (χ3n) is 3.36. The van der Waals surface area contributed by atoms with Gasteiger partial charge in [-0.2, -0.15) is 0 Å². The van der Waals surface area contributed by atoms with E-state index in [0.29, 0.717) is 25.1 Å². The zero-order valence-corrected chi connectivity index (χ0v) is 12.3. The molecule has 0 spiro atoms. The number of aromatic nitrogens is 2. The van der Waals surface area contributed by atoms with Crippen LogP contribution in [0.3, 0.4) is 0 Å². The van der Waals surface area contributed by atoms with Crippen molar-refractivity contribution in [2.45, 2.75) is 26.3 Å². The maximum absolute atomic E-state index is 11.9. The molecule has 0 aliphatic heterocycles. The summed E-state index contributed by atoms with van der Waals surface area (Å²) < 4.78 is 3.11. The third kappa shape index (κ3) is 3.75. The van der Waals surface area contributed by atoms with Crippen LogP contribution in [0.4, 0.5) is 11.4 Å². The molecule has 0 radical (unpaired) electrons. The fraction of sp³-hybridized carbons (Fsp3) is 0.333. The molecule has 1 heterocycles. The van der Waals surface area contributed by atoms with Crippen LogP contribution < -0.4 is 16.7 Å². The van der Waals surface area contributed by atoms with E-state index in [2.05, 4.69) is 5.32 Å². The normalized spacial score (nSPS) is 10.6. The second kappa shape index (κ2) is 6.30. The molecule has 0 saturated carbocycles. The molecule has 1 aromatic carbocycles. The van der Waals surface area contributed by atoms with E-state index >= 15 is 0 Å². The second-order valence-corrected chi connectivity index (χ2v) is 5.11. The van der Waals surface area contributed by atoms with Gasteiger partial charge in [0.1, 0.15) is 0 Å². The van der Waals surface area contributed by atoms with Crippen molar-refractivity contribution in [1.29, 1.82) is 0 Å². The minimum atomic E-state index is -0.0762. The van der Waals surface area contributed by atoms with Gasteiger partial charge >= 0.3 is 5.69 Å². The van der Waals surface area contributed by atoms with Gasteiger partial charge in [0.2, 0.25) is 5.91 Å². The number of nitrogens with two attached hydrogens (primary N) is 1. The number of hydrogen-bond donors (Lipinski definition) is 2. The average Bonchev–Trinajstić information content (AvgIpc) is 2.75. The van der Waals surface area contributed by atoms with Gasteiger partial charge < -0.3 is 15.6 Å². The summed E-state index contributed by atoms with van der Waals surface area (Å²) in [4.78, 5) is 23.5. The number of amides is 1. The standard InChI is InChI=1S/C15H20N4O2/c1-11-5-6-12(16)10-13(11)17-14(20)4-3-7-19-9-8-18(2)15(19)21/h5-6,8-10H,3-4,7,16H2,1-2H3,(H,17,20).